The zero-order chi connectivity index (χ0) is 17.3. The van der Waals surface area contributed by atoms with Crippen LogP contribution in [0, 0.1) is 6.92 Å². The Kier molecular flexibility index (Phi) is 2.69. The van der Waals surface area contributed by atoms with Crippen LogP contribution in [0.2, 0.25) is 0 Å². The molecule has 25 heavy (non-hydrogen) atoms. The number of aromatic hydroxyl groups is 1. The van der Waals surface area contributed by atoms with Crippen LogP contribution in [0.3, 0.4) is 0 Å². The van der Waals surface area contributed by atoms with Crippen molar-refractivity contribution in [3.63, 3.8) is 0 Å². The predicted octanol–water partition coefficient (Wildman–Crippen LogP) is 2.74. The monoisotopic (exact) mass is 335 g/mol. The summed E-state index contributed by atoms with van der Waals surface area (Å²) < 4.78 is 1.83. The van der Waals surface area contributed by atoms with Crippen LogP contribution in [0.5, 0.6) is 5.75 Å². The lowest BCUT2D eigenvalue weighted by Crippen LogP contribution is -2.13. The molecule has 3 heterocycles. The summed E-state index contributed by atoms with van der Waals surface area (Å²) in [6.45, 7) is 1.95. The van der Waals surface area contributed by atoms with E-state index >= 15 is 0 Å². The Morgan fingerprint density at radius 2 is 2.20 bits per heavy atom. The third-order valence-corrected chi connectivity index (χ3v) is 5.28. The number of carbonyl (C=O) groups is 1. The number of aromatic nitrogens is 4. The third kappa shape index (κ3) is 1.77. The van der Waals surface area contributed by atoms with Gasteiger partial charge in [0.2, 0.25) is 0 Å². The first-order valence-electron chi connectivity index (χ1n) is 8.37. The van der Waals surface area contributed by atoms with Crippen LogP contribution in [-0.4, -0.2) is 30.4 Å². The minimum atomic E-state index is -0.559. The Hall–Kier alpha value is -3.09. The summed E-state index contributed by atoms with van der Waals surface area (Å²) in [5.74, 6) is -0.0263. The van der Waals surface area contributed by atoms with Crippen LogP contribution < -0.4 is 5.73 Å². The quantitative estimate of drug-likeness (QED) is 0.523. The fourth-order valence-electron chi connectivity index (χ4n) is 3.74. The minimum absolute atomic E-state index is 0.118. The second kappa shape index (κ2) is 4.72. The van der Waals surface area contributed by atoms with Gasteiger partial charge in [-0.1, -0.05) is 12.5 Å². The van der Waals surface area contributed by atoms with E-state index in [1.807, 2.05) is 17.4 Å². The highest BCUT2D eigenvalue weighted by Crippen LogP contribution is 2.37. The van der Waals surface area contributed by atoms with Gasteiger partial charge in [0, 0.05) is 5.92 Å². The van der Waals surface area contributed by atoms with Crippen LogP contribution in [0.15, 0.2) is 18.3 Å². The molecule has 0 radical (unpaired) electrons. The largest absolute Gasteiger partial charge is 0.506 e. The highest BCUT2D eigenvalue weighted by molar-refractivity contribution is 6.12. The molecule has 0 saturated heterocycles. The Bertz CT molecular complexity index is 1180. The highest BCUT2D eigenvalue weighted by atomic mass is 16.3. The van der Waals surface area contributed by atoms with Crippen molar-refractivity contribution in [1.29, 1.82) is 0 Å². The number of primary amides is 1. The number of rotatable bonds is 2. The van der Waals surface area contributed by atoms with Gasteiger partial charge in [0.15, 0.2) is 5.65 Å². The fourth-order valence-corrected chi connectivity index (χ4v) is 3.74. The Balaban J connectivity index is 1.96. The van der Waals surface area contributed by atoms with E-state index in [1.54, 1.807) is 12.3 Å². The normalized spacial score (nSPS) is 15.2. The average Bonchev–Trinajstić information content (AvgIpc) is 3.04. The van der Waals surface area contributed by atoms with E-state index in [1.165, 1.54) is 6.42 Å². The third-order valence-electron chi connectivity index (χ3n) is 5.28. The fraction of sp³-hybridized carbons (Fsp3) is 0.278. The zero-order valence-electron chi connectivity index (χ0n) is 13.7. The van der Waals surface area contributed by atoms with Crippen molar-refractivity contribution in [1.82, 2.24) is 19.4 Å². The van der Waals surface area contributed by atoms with Crippen LogP contribution in [0.4, 0.5) is 0 Å². The Morgan fingerprint density at radius 3 is 2.88 bits per heavy atom. The summed E-state index contributed by atoms with van der Waals surface area (Å²) in [5.41, 5.74) is 10.8. The number of imidazole rings is 1. The second-order valence-corrected chi connectivity index (χ2v) is 6.77. The summed E-state index contributed by atoms with van der Waals surface area (Å²) in [5, 5.41) is 10.2. The van der Waals surface area contributed by atoms with Crippen molar-refractivity contribution in [2.24, 2.45) is 5.73 Å². The van der Waals surface area contributed by atoms with Crippen LogP contribution in [0.1, 0.15) is 46.8 Å². The molecule has 0 bridgehead atoms. The lowest BCUT2D eigenvalue weighted by atomic mass is 9.83. The molecular weight excluding hydrogens is 318 g/mol. The smallest absolute Gasteiger partial charge is 0.254 e. The molecule has 1 aliphatic rings. The molecule has 1 fully saturated rings. The molecule has 4 aromatic rings. The van der Waals surface area contributed by atoms with Crippen molar-refractivity contribution in [2.75, 3.05) is 0 Å². The summed E-state index contributed by atoms with van der Waals surface area (Å²) in [6, 6.07) is 3.46. The summed E-state index contributed by atoms with van der Waals surface area (Å²) in [6.07, 6.45) is 5.20. The van der Waals surface area contributed by atoms with Crippen molar-refractivity contribution in [3.05, 3.63) is 35.2 Å². The molecule has 0 unspecified atom stereocenters. The van der Waals surface area contributed by atoms with Gasteiger partial charge in [0.25, 0.3) is 5.91 Å². The summed E-state index contributed by atoms with van der Waals surface area (Å²) >= 11 is 0. The maximum absolute atomic E-state index is 12.2. The minimum Gasteiger partial charge on any atom is -0.506 e. The van der Waals surface area contributed by atoms with E-state index in [0.29, 0.717) is 33.8 Å². The molecule has 1 saturated carbocycles. The molecule has 4 N–H and O–H groups in total. The number of phenols is 1. The standard InChI is InChI=1S/C18H17N5O2/c1-8-5-6-11(24)13-15(8)23-17(22-13)12(16(19)25)14-18(23)20-7-10(21-14)9-3-2-4-9/h5-7,9,22,24H,2-4H2,1H3,(H2,19,25). The molecule has 0 aliphatic heterocycles. The molecule has 0 spiro atoms. The molecule has 1 aromatic carbocycles. The molecule has 7 nitrogen and oxygen atoms in total. The number of nitrogens with zero attached hydrogens (tertiary/aromatic N) is 3. The lowest BCUT2D eigenvalue weighted by Gasteiger charge is -2.24. The molecule has 5 rings (SSSR count). The van der Waals surface area contributed by atoms with Gasteiger partial charge in [0.05, 0.1) is 17.4 Å². The maximum Gasteiger partial charge on any atom is 0.254 e. The number of H-pyrrole nitrogens is 1. The molecule has 126 valence electrons. The van der Waals surface area contributed by atoms with Crippen molar-refractivity contribution in [2.45, 2.75) is 32.1 Å². The van der Waals surface area contributed by atoms with Crippen molar-refractivity contribution >= 4 is 33.8 Å². The number of aryl methyl sites for hydroxylation is 1. The summed E-state index contributed by atoms with van der Waals surface area (Å²) in [4.78, 5) is 24.6. The van der Waals surface area contributed by atoms with E-state index < -0.39 is 5.91 Å². The van der Waals surface area contributed by atoms with Gasteiger partial charge < -0.3 is 15.8 Å². The highest BCUT2D eigenvalue weighted by Gasteiger charge is 2.27. The van der Waals surface area contributed by atoms with Gasteiger partial charge in [-0.15, -0.1) is 0 Å². The van der Waals surface area contributed by atoms with E-state index in [9.17, 15) is 9.90 Å². The maximum atomic E-state index is 12.2. The molecule has 1 amide bonds. The lowest BCUT2D eigenvalue weighted by molar-refractivity contribution is 0.100. The first kappa shape index (κ1) is 14.3. The van der Waals surface area contributed by atoms with E-state index in [4.69, 9.17) is 10.7 Å². The van der Waals surface area contributed by atoms with E-state index in [0.717, 1.165) is 29.6 Å². The van der Waals surface area contributed by atoms with Gasteiger partial charge in [-0.25, -0.2) is 9.97 Å². The number of hydrogen-bond acceptors (Lipinski definition) is 4. The number of aromatic amines is 1. The van der Waals surface area contributed by atoms with E-state index in [2.05, 4.69) is 9.97 Å². The number of carbonyl (C=O) groups excluding carboxylic acids is 1. The van der Waals surface area contributed by atoms with Crippen LogP contribution in [-0.2, 0) is 0 Å². The number of amides is 1. The van der Waals surface area contributed by atoms with Crippen molar-refractivity contribution < 1.29 is 9.90 Å². The average molecular weight is 335 g/mol. The van der Waals surface area contributed by atoms with Gasteiger partial charge in [-0.2, -0.15) is 0 Å². The SMILES string of the molecule is Cc1ccc(O)c2[nH]c3c(C(N)=O)c4nc(C5CCC5)cnc4n3c12. The van der Waals surface area contributed by atoms with Crippen LogP contribution in [0.25, 0.3) is 27.8 Å². The van der Waals surface area contributed by atoms with Crippen molar-refractivity contribution in [3.8, 4) is 5.75 Å². The molecule has 3 aromatic heterocycles. The number of nitrogens with one attached hydrogen (secondary N) is 1. The number of benzene rings is 1. The van der Waals surface area contributed by atoms with Gasteiger partial charge in [-0.3, -0.25) is 9.20 Å². The molecule has 1 aliphatic carbocycles. The number of fused-ring (bicyclic) bond motifs is 5. The molecule has 7 heteroatoms. The molecular formula is C18H17N5O2. The van der Waals surface area contributed by atoms with Gasteiger partial charge in [0.1, 0.15) is 28.0 Å². The number of nitrogens with two attached hydrogens (primary N) is 1. The van der Waals surface area contributed by atoms with E-state index in [-0.39, 0.29) is 5.75 Å². The number of phenolic OH excluding ortho intramolecular Hbond substituents is 1. The van der Waals surface area contributed by atoms with Gasteiger partial charge >= 0.3 is 0 Å². The number of hydrogen-bond donors (Lipinski definition) is 3. The second-order valence-electron chi connectivity index (χ2n) is 6.77. The summed E-state index contributed by atoms with van der Waals surface area (Å²) in [7, 11) is 0. The zero-order valence-corrected chi connectivity index (χ0v) is 13.7. The first-order valence-corrected chi connectivity index (χ1v) is 8.37. The Morgan fingerprint density at radius 1 is 1.40 bits per heavy atom. The topological polar surface area (TPSA) is 109 Å². The Labute approximate surface area is 142 Å². The first-order chi connectivity index (χ1) is 12.1. The van der Waals surface area contributed by atoms with Crippen LogP contribution >= 0.6 is 0 Å². The molecule has 0 atom stereocenters. The predicted molar refractivity (Wildman–Crippen MR) is 93.9 cm³/mol. The van der Waals surface area contributed by atoms with Gasteiger partial charge in [-0.05, 0) is 31.4 Å².